The Morgan fingerprint density at radius 2 is 2.31 bits per heavy atom. The van der Waals surface area contributed by atoms with E-state index in [1.165, 1.54) is 26.0 Å². The zero-order chi connectivity index (χ0) is 11.5. The molecule has 1 aliphatic rings. The van der Waals surface area contributed by atoms with E-state index in [2.05, 4.69) is 10.1 Å². The van der Waals surface area contributed by atoms with Crippen molar-refractivity contribution in [3.05, 3.63) is 29.3 Å². The van der Waals surface area contributed by atoms with Crippen LogP contribution in [0, 0.1) is 0 Å². The highest BCUT2D eigenvalue weighted by atomic mass is 16.5. The zero-order valence-corrected chi connectivity index (χ0v) is 9.19. The van der Waals surface area contributed by atoms with Crippen LogP contribution in [0.1, 0.15) is 28.8 Å². The molecule has 2 N–H and O–H groups in total. The van der Waals surface area contributed by atoms with Gasteiger partial charge in [0.05, 0.1) is 12.7 Å². The summed E-state index contributed by atoms with van der Waals surface area (Å²) in [4.78, 5) is 11.3. The lowest BCUT2D eigenvalue weighted by Crippen LogP contribution is -2.15. The van der Waals surface area contributed by atoms with Gasteiger partial charge in [0, 0.05) is 18.2 Å². The van der Waals surface area contributed by atoms with E-state index in [4.69, 9.17) is 0 Å². The van der Waals surface area contributed by atoms with Crippen LogP contribution in [0.5, 0.6) is 5.75 Å². The summed E-state index contributed by atoms with van der Waals surface area (Å²) in [5.74, 6) is -0.173. The molecule has 1 aromatic carbocycles. The summed E-state index contributed by atoms with van der Waals surface area (Å²) in [6.07, 6.45) is 2.38. The van der Waals surface area contributed by atoms with Crippen molar-refractivity contribution in [3.63, 3.8) is 0 Å². The molecule has 0 atom stereocenters. The third-order valence-electron chi connectivity index (χ3n) is 2.66. The first-order valence-corrected chi connectivity index (χ1v) is 5.34. The van der Waals surface area contributed by atoms with Crippen LogP contribution in [0.15, 0.2) is 18.2 Å². The van der Waals surface area contributed by atoms with Crippen molar-refractivity contribution < 1.29 is 14.6 Å². The molecular weight excluding hydrogens is 206 g/mol. The standard InChI is InChI=1S/C12H15NO3/c1-16-12(15)8-2-5-11(14)9(6-8)7-13-10-3-4-10/h2,5-6,10,13-14H,3-4,7H2,1H3. The van der Waals surface area contributed by atoms with Gasteiger partial charge in [0.1, 0.15) is 5.75 Å². The van der Waals surface area contributed by atoms with E-state index in [1.54, 1.807) is 12.1 Å². The smallest absolute Gasteiger partial charge is 0.337 e. The molecular formula is C12H15NO3. The third-order valence-corrected chi connectivity index (χ3v) is 2.66. The Morgan fingerprint density at radius 1 is 1.56 bits per heavy atom. The number of nitrogens with one attached hydrogen (secondary N) is 1. The van der Waals surface area contributed by atoms with E-state index in [0.29, 0.717) is 18.2 Å². The average molecular weight is 221 g/mol. The van der Waals surface area contributed by atoms with Gasteiger partial charge in [0.2, 0.25) is 0 Å². The first-order valence-electron chi connectivity index (χ1n) is 5.34. The van der Waals surface area contributed by atoms with Gasteiger partial charge < -0.3 is 15.2 Å². The van der Waals surface area contributed by atoms with Gasteiger partial charge in [-0.3, -0.25) is 0 Å². The Hall–Kier alpha value is -1.55. The molecule has 0 heterocycles. The normalized spacial score (nSPS) is 14.8. The molecule has 1 aliphatic carbocycles. The zero-order valence-electron chi connectivity index (χ0n) is 9.19. The topological polar surface area (TPSA) is 58.6 Å². The molecule has 0 saturated heterocycles. The van der Waals surface area contributed by atoms with Crippen LogP contribution in [-0.4, -0.2) is 24.2 Å². The van der Waals surface area contributed by atoms with E-state index in [-0.39, 0.29) is 11.7 Å². The summed E-state index contributed by atoms with van der Waals surface area (Å²) < 4.78 is 4.63. The van der Waals surface area contributed by atoms with Gasteiger partial charge in [-0.15, -0.1) is 0 Å². The number of hydrogen-bond acceptors (Lipinski definition) is 4. The van der Waals surface area contributed by atoms with Gasteiger partial charge >= 0.3 is 5.97 Å². The highest BCUT2D eigenvalue weighted by Crippen LogP contribution is 2.23. The molecule has 16 heavy (non-hydrogen) atoms. The quantitative estimate of drug-likeness (QED) is 0.755. The Morgan fingerprint density at radius 3 is 2.94 bits per heavy atom. The van der Waals surface area contributed by atoms with Gasteiger partial charge in [-0.2, -0.15) is 0 Å². The van der Waals surface area contributed by atoms with Crippen molar-refractivity contribution in [1.82, 2.24) is 5.32 Å². The second-order valence-corrected chi connectivity index (χ2v) is 3.99. The SMILES string of the molecule is COC(=O)c1ccc(O)c(CNC2CC2)c1. The molecule has 0 unspecified atom stereocenters. The predicted octanol–water partition coefficient (Wildman–Crippen LogP) is 1.43. The van der Waals surface area contributed by atoms with Gasteiger partial charge in [-0.05, 0) is 31.0 Å². The van der Waals surface area contributed by atoms with Crippen LogP contribution in [0.2, 0.25) is 0 Å². The number of rotatable bonds is 4. The Kier molecular flexibility index (Phi) is 3.10. The summed E-state index contributed by atoms with van der Waals surface area (Å²) in [6.45, 7) is 0.585. The van der Waals surface area contributed by atoms with Gasteiger partial charge in [0.25, 0.3) is 0 Å². The number of phenols is 1. The number of aromatic hydroxyl groups is 1. The lowest BCUT2D eigenvalue weighted by molar-refractivity contribution is 0.0600. The van der Waals surface area contributed by atoms with Crippen LogP contribution >= 0.6 is 0 Å². The van der Waals surface area contributed by atoms with Crippen LogP contribution in [0.4, 0.5) is 0 Å². The first-order chi connectivity index (χ1) is 7.70. The van der Waals surface area contributed by atoms with E-state index >= 15 is 0 Å². The van der Waals surface area contributed by atoms with E-state index < -0.39 is 0 Å². The highest BCUT2D eigenvalue weighted by molar-refractivity contribution is 5.89. The Balaban J connectivity index is 2.11. The highest BCUT2D eigenvalue weighted by Gasteiger charge is 2.20. The number of esters is 1. The Bertz CT molecular complexity index is 399. The second kappa shape index (κ2) is 4.53. The molecule has 1 saturated carbocycles. The number of benzene rings is 1. The van der Waals surface area contributed by atoms with Crippen molar-refractivity contribution in [2.45, 2.75) is 25.4 Å². The monoisotopic (exact) mass is 221 g/mol. The van der Waals surface area contributed by atoms with E-state index in [1.807, 2.05) is 0 Å². The van der Waals surface area contributed by atoms with Crippen molar-refractivity contribution in [2.24, 2.45) is 0 Å². The summed E-state index contributed by atoms with van der Waals surface area (Å²) in [5, 5.41) is 12.9. The minimum atomic E-state index is -0.382. The van der Waals surface area contributed by atoms with Gasteiger partial charge in [0.15, 0.2) is 0 Å². The van der Waals surface area contributed by atoms with Crippen molar-refractivity contribution in [3.8, 4) is 5.75 Å². The summed E-state index contributed by atoms with van der Waals surface area (Å²) in [5.41, 5.74) is 1.20. The number of carbonyl (C=O) groups is 1. The molecule has 1 aromatic rings. The third kappa shape index (κ3) is 2.52. The number of carbonyl (C=O) groups excluding carboxylic acids is 1. The maximum atomic E-state index is 11.3. The van der Waals surface area contributed by atoms with Crippen molar-refractivity contribution >= 4 is 5.97 Å². The van der Waals surface area contributed by atoms with E-state index in [9.17, 15) is 9.90 Å². The molecule has 0 amide bonds. The van der Waals surface area contributed by atoms with Crippen molar-refractivity contribution in [2.75, 3.05) is 7.11 Å². The average Bonchev–Trinajstić information content (AvgIpc) is 3.11. The molecule has 4 heteroatoms. The maximum Gasteiger partial charge on any atom is 0.337 e. The molecule has 0 spiro atoms. The van der Waals surface area contributed by atoms with Gasteiger partial charge in [-0.25, -0.2) is 4.79 Å². The number of ether oxygens (including phenoxy) is 1. The summed E-state index contributed by atoms with van der Waals surface area (Å²) >= 11 is 0. The maximum absolute atomic E-state index is 11.3. The molecule has 1 fully saturated rings. The number of phenolic OH excluding ortho intramolecular Hbond substituents is 1. The van der Waals surface area contributed by atoms with Crippen LogP contribution < -0.4 is 5.32 Å². The lowest BCUT2D eigenvalue weighted by Gasteiger charge is -2.07. The van der Waals surface area contributed by atoms with Crippen molar-refractivity contribution in [1.29, 1.82) is 0 Å². The molecule has 2 rings (SSSR count). The minimum Gasteiger partial charge on any atom is -0.508 e. The molecule has 0 aromatic heterocycles. The molecule has 0 aliphatic heterocycles. The fourth-order valence-corrected chi connectivity index (χ4v) is 1.51. The largest absolute Gasteiger partial charge is 0.508 e. The molecule has 0 radical (unpaired) electrons. The summed E-state index contributed by atoms with van der Waals surface area (Å²) in [7, 11) is 1.34. The lowest BCUT2D eigenvalue weighted by atomic mass is 10.1. The second-order valence-electron chi connectivity index (χ2n) is 3.99. The fourth-order valence-electron chi connectivity index (χ4n) is 1.51. The predicted molar refractivity (Wildman–Crippen MR) is 59.3 cm³/mol. The van der Waals surface area contributed by atoms with Crippen LogP contribution in [0.25, 0.3) is 0 Å². The summed E-state index contributed by atoms with van der Waals surface area (Å²) in [6, 6.07) is 5.32. The van der Waals surface area contributed by atoms with Gasteiger partial charge in [-0.1, -0.05) is 0 Å². The first kappa shape index (κ1) is 11.0. The Labute approximate surface area is 94.2 Å². The van der Waals surface area contributed by atoms with E-state index in [0.717, 1.165) is 5.56 Å². The van der Waals surface area contributed by atoms with Crippen LogP contribution in [0.3, 0.4) is 0 Å². The molecule has 86 valence electrons. The molecule has 4 nitrogen and oxygen atoms in total. The number of methoxy groups -OCH3 is 1. The number of hydrogen-bond donors (Lipinski definition) is 2. The molecule has 0 bridgehead atoms. The van der Waals surface area contributed by atoms with Crippen LogP contribution in [-0.2, 0) is 11.3 Å². The minimum absolute atomic E-state index is 0.209. The fraction of sp³-hybridized carbons (Fsp3) is 0.417.